The highest BCUT2D eigenvalue weighted by atomic mass is 32.2. The topological polar surface area (TPSA) is 29.1 Å². The molecule has 3 rings (SSSR count). The van der Waals surface area contributed by atoms with Crippen LogP contribution in [0.15, 0.2) is 83.1 Å². The number of rotatable bonds is 8. The molecule has 3 aromatic rings. The minimum absolute atomic E-state index is 0.0415. The zero-order chi connectivity index (χ0) is 22.4. The molecule has 0 unspecified atom stereocenters. The number of aryl methyl sites for hydroxylation is 1. The third kappa shape index (κ3) is 6.08. The maximum atomic E-state index is 13.7. The smallest absolute Gasteiger partial charge is 0.251 e. The van der Waals surface area contributed by atoms with Gasteiger partial charge in [-0.1, -0.05) is 62.5 Å². The van der Waals surface area contributed by atoms with Gasteiger partial charge in [0.05, 0.1) is 0 Å². The SMILES string of the molecule is C=C(c1cccc(F)c1)c1ccccc1Sc1ccc(C(=O)NCCC(C)C)cc1C. The minimum Gasteiger partial charge on any atom is -0.352 e. The van der Waals surface area contributed by atoms with Crippen molar-refractivity contribution in [1.29, 1.82) is 0 Å². The zero-order valence-electron chi connectivity index (χ0n) is 18.2. The van der Waals surface area contributed by atoms with Crippen molar-refractivity contribution in [2.24, 2.45) is 5.92 Å². The van der Waals surface area contributed by atoms with Crippen molar-refractivity contribution in [3.05, 3.63) is 101 Å². The molecule has 0 aliphatic rings. The van der Waals surface area contributed by atoms with Gasteiger partial charge in [-0.25, -0.2) is 4.39 Å². The highest BCUT2D eigenvalue weighted by molar-refractivity contribution is 7.99. The van der Waals surface area contributed by atoms with Gasteiger partial charge in [-0.15, -0.1) is 0 Å². The van der Waals surface area contributed by atoms with Crippen molar-refractivity contribution in [2.75, 3.05) is 6.54 Å². The molecule has 0 saturated carbocycles. The standard InChI is InChI=1S/C27H28FNOS/c1-18(2)14-15-29-27(30)22-12-13-25(19(3)16-22)31-26-11-6-5-10-24(26)20(4)21-8-7-9-23(28)17-21/h5-13,16-18H,4,14-15H2,1-3H3,(H,29,30). The summed E-state index contributed by atoms with van der Waals surface area (Å²) < 4.78 is 13.7. The average Bonchev–Trinajstić information content (AvgIpc) is 2.74. The van der Waals surface area contributed by atoms with Crippen molar-refractivity contribution in [2.45, 2.75) is 37.0 Å². The Kier molecular flexibility index (Phi) is 7.69. The quantitative estimate of drug-likeness (QED) is 0.410. The summed E-state index contributed by atoms with van der Waals surface area (Å²) >= 11 is 1.62. The highest BCUT2D eigenvalue weighted by Crippen LogP contribution is 2.37. The summed E-state index contributed by atoms with van der Waals surface area (Å²) in [5, 5.41) is 2.99. The fourth-order valence-electron chi connectivity index (χ4n) is 3.24. The van der Waals surface area contributed by atoms with Crippen LogP contribution < -0.4 is 5.32 Å². The summed E-state index contributed by atoms with van der Waals surface area (Å²) in [6, 6.07) is 20.3. The molecule has 4 heteroatoms. The van der Waals surface area contributed by atoms with Crippen LogP contribution in [-0.4, -0.2) is 12.5 Å². The van der Waals surface area contributed by atoms with Gasteiger partial charge in [0.15, 0.2) is 0 Å². The van der Waals surface area contributed by atoms with E-state index in [0.717, 1.165) is 38.5 Å². The number of halogens is 1. The van der Waals surface area contributed by atoms with Gasteiger partial charge >= 0.3 is 0 Å². The van der Waals surface area contributed by atoms with E-state index in [4.69, 9.17) is 0 Å². The number of carbonyl (C=O) groups is 1. The Hall–Kier alpha value is -2.85. The van der Waals surface area contributed by atoms with E-state index in [-0.39, 0.29) is 11.7 Å². The van der Waals surface area contributed by atoms with E-state index in [0.29, 0.717) is 18.0 Å². The number of hydrogen-bond donors (Lipinski definition) is 1. The lowest BCUT2D eigenvalue weighted by Crippen LogP contribution is -2.25. The Bertz CT molecular complexity index is 1090. The Morgan fingerprint density at radius 3 is 2.48 bits per heavy atom. The molecule has 0 heterocycles. The Balaban J connectivity index is 1.79. The van der Waals surface area contributed by atoms with E-state index < -0.39 is 0 Å². The second kappa shape index (κ2) is 10.5. The van der Waals surface area contributed by atoms with Gasteiger partial charge in [0.2, 0.25) is 0 Å². The highest BCUT2D eigenvalue weighted by Gasteiger charge is 2.13. The Morgan fingerprint density at radius 1 is 1.00 bits per heavy atom. The molecule has 1 amide bonds. The number of carbonyl (C=O) groups excluding carboxylic acids is 1. The Morgan fingerprint density at radius 2 is 1.77 bits per heavy atom. The van der Waals surface area contributed by atoms with E-state index in [2.05, 4.69) is 25.7 Å². The molecule has 0 radical (unpaired) electrons. The predicted octanol–water partition coefficient (Wildman–Crippen LogP) is 7.12. The second-order valence-electron chi connectivity index (χ2n) is 8.01. The van der Waals surface area contributed by atoms with Gasteiger partial charge in [-0.05, 0) is 77.9 Å². The van der Waals surface area contributed by atoms with Gasteiger partial charge in [-0.2, -0.15) is 0 Å². The zero-order valence-corrected chi connectivity index (χ0v) is 19.1. The van der Waals surface area contributed by atoms with Crippen molar-refractivity contribution in [1.82, 2.24) is 5.32 Å². The van der Waals surface area contributed by atoms with Crippen LogP contribution >= 0.6 is 11.8 Å². The summed E-state index contributed by atoms with van der Waals surface area (Å²) in [6.07, 6.45) is 0.963. The van der Waals surface area contributed by atoms with Crippen LogP contribution in [-0.2, 0) is 0 Å². The molecular formula is C27H28FNOS. The minimum atomic E-state index is -0.276. The number of hydrogen-bond acceptors (Lipinski definition) is 2. The molecule has 0 aliphatic carbocycles. The largest absolute Gasteiger partial charge is 0.352 e. The first kappa shape index (κ1) is 22.8. The maximum Gasteiger partial charge on any atom is 0.251 e. The predicted molar refractivity (Wildman–Crippen MR) is 128 cm³/mol. The number of nitrogens with one attached hydrogen (secondary N) is 1. The molecule has 1 N–H and O–H groups in total. The molecule has 31 heavy (non-hydrogen) atoms. The molecule has 0 saturated heterocycles. The molecule has 2 nitrogen and oxygen atoms in total. The summed E-state index contributed by atoms with van der Waals surface area (Å²) in [5.74, 6) is 0.241. The molecule has 160 valence electrons. The lowest BCUT2D eigenvalue weighted by Gasteiger charge is -2.14. The van der Waals surface area contributed by atoms with E-state index in [1.165, 1.54) is 12.1 Å². The maximum absolute atomic E-state index is 13.7. The van der Waals surface area contributed by atoms with Gasteiger partial charge in [0.1, 0.15) is 5.82 Å². The van der Waals surface area contributed by atoms with Crippen molar-refractivity contribution in [3.8, 4) is 0 Å². The van der Waals surface area contributed by atoms with E-state index >= 15 is 0 Å². The number of amides is 1. The second-order valence-corrected chi connectivity index (χ2v) is 9.09. The van der Waals surface area contributed by atoms with Crippen LogP contribution in [0.2, 0.25) is 0 Å². The van der Waals surface area contributed by atoms with Gasteiger partial charge in [0, 0.05) is 21.9 Å². The third-order valence-electron chi connectivity index (χ3n) is 5.05. The summed E-state index contributed by atoms with van der Waals surface area (Å²) in [7, 11) is 0. The molecule has 0 spiro atoms. The van der Waals surface area contributed by atoms with Gasteiger partial charge in [0.25, 0.3) is 5.91 Å². The Labute approximate surface area is 188 Å². The average molecular weight is 434 g/mol. The molecule has 0 bridgehead atoms. The van der Waals surface area contributed by atoms with E-state index in [1.807, 2.05) is 55.5 Å². The summed E-state index contributed by atoms with van der Waals surface area (Å²) in [4.78, 5) is 14.5. The summed E-state index contributed by atoms with van der Waals surface area (Å²) in [5.41, 5.74) is 4.21. The van der Waals surface area contributed by atoms with Crippen LogP contribution in [0.25, 0.3) is 5.57 Å². The molecule has 0 aliphatic heterocycles. The van der Waals surface area contributed by atoms with Gasteiger partial charge < -0.3 is 5.32 Å². The molecule has 0 aromatic heterocycles. The molecule has 3 aromatic carbocycles. The van der Waals surface area contributed by atoms with Crippen LogP contribution in [0.5, 0.6) is 0 Å². The first-order chi connectivity index (χ1) is 14.8. The fraction of sp³-hybridized carbons (Fsp3) is 0.222. The first-order valence-corrected chi connectivity index (χ1v) is 11.3. The van der Waals surface area contributed by atoms with E-state index in [1.54, 1.807) is 17.8 Å². The van der Waals surface area contributed by atoms with Crippen LogP contribution in [0.1, 0.15) is 47.3 Å². The lowest BCUT2D eigenvalue weighted by atomic mass is 9.99. The van der Waals surface area contributed by atoms with Crippen molar-refractivity contribution >= 4 is 23.2 Å². The monoisotopic (exact) mass is 433 g/mol. The van der Waals surface area contributed by atoms with Crippen LogP contribution in [0.4, 0.5) is 4.39 Å². The lowest BCUT2D eigenvalue weighted by molar-refractivity contribution is 0.0952. The van der Waals surface area contributed by atoms with Crippen LogP contribution in [0, 0.1) is 18.7 Å². The fourth-order valence-corrected chi connectivity index (χ4v) is 4.28. The van der Waals surface area contributed by atoms with Crippen molar-refractivity contribution in [3.63, 3.8) is 0 Å². The normalized spacial score (nSPS) is 10.9. The van der Waals surface area contributed by atoms with Crippen LogP contribution in [0.3, 0.4) is 0 Å². The van der Waals surface area contributed by atoms with Gasteiger partial charge in [-0.3, -0.25) is 4.79 Å². The molecular weight excluding hydrogens is 405 g/mol. The first-order valence-electron chi connectivity index (χ1n) is 10.5. The van der Waals surface area contributed by atoms with E-state index in [9.17, 15) is 9.18 Å². The number of benzene rings is 3. The molecule has 0 fully saturated rings. The summed E-state index contributed by atoms with van der Waals surface area (Å²) in [6.45, 7) is 11.2. The van der Waals surface area contributed by atoms with Crippen molar-refractivity contribution < 1.29 is 9.18 Å². The molecule has 0 atom stereocenters. The third-order valence-corrected chi connectivity index (χ3v) is 6.30.